The summed E-state index contributed by atoms with van der Waals surface area (Å²) in [5.74, 6) is -0.783. The van der Waals surface area contributed by atoms with Crippen molar-refractivity contribution in [3.05, 3.63) is 28.2 Å². The summed E-state index contributed by atoms with van der Waals surface area (Å²) in [5.41, 5.74) is 0.692. The predicted octanol–water partition coefficient (Wildman–Crippen LogP) is 2.17. The molecule has 23 heavy (non-hydrogen) atoms. The Bertz CT molecular complexity index is 615. The van der Waals surface area contributed by atoms with Crippen LogP contribution in [0.4, 0.5) is 5.69 Å². The highest BCUT2D eigenvalue weighted by Crippen LogP contribution is 2.31. The van der Waals surface area contributed by atoms with Crippen LogP contribution in [0.1, 0.15) is 12.8 Å². The largest absolute Gasteiger partial charge is 0.341 e. The first-order chi connectivity index (χ1) is 11.1. The molecule has 2 aliphatic heterocycles. The van der Waals surface area contributed by atoms with Gasteiger partial charge in [-0.25, -0.2) is 0 Å². The van der Waals surface area contributed by atoms with Crippen LogP contribution in [0.15, 0.2) is 18.2 Å². The maximum absolute atomic E-state index is 12.7. The maximum atomic E-state index is 12.7. The Morgan fingerprint density at radius 3 is 2.74 bits per heavy atom. The SMILES string of the molecule is O=C(C1CCN(c2ccc(Cl)c(Cl)c2)C1=O)N1CCCNCC1. The summed E-state index contributed by atoms with van der Waals surface area (Å²) in [6.07, 6.45) is 1.46. The van der Waals surface area contributed by atoms with E-state index in [0.717, 1.165) is 19.5 Å². The Morgan fingerprint density at radius 1 is 1.13 bits per heavy atom. The summed E-state index contributed by atoms with van der Waals surface area (Å²) in [5, 5.41) is 4.12. The van der Waals surface area contributed by atoms with Crippen LogP contribution in [0.2, 0.25) is 10.0 Å². The number of benzene rings is 1. The molecule has 0 radical (unpaired) electrons. The lowest BCUT2D eigenvalue weighted by Gasteiger charge is -2.23. The lowest BCUT2D eigenvalue weighted by molar-refractivity contribution is -0.139. The van der Waals surface area contributed by atoms with Gasteiger partial charge in [0.1, 0.15) is 5.92 Å². The average Bonchev–Trinajstić information content (AvgIpc) is 2.76. The molecule has 1 atom stereocenters. The molecule has 2 saturated heterocycles. The van der Waals surface area contributed by atoms with Crippen LogP contribution in [-0.2, 0) is 9.59 Å². The normalized spacial score (nSPS) is 22.3. The van der Waals surface area contributed by atoms with Crippen molar-refractivity contribution >= 4 is 40.7 Å². The molecule has 124 valence electrons. The van der Waals surface area contributed by atoms with E-state index in [1.54, 1.807) is 28.0 Å². The van der Waals surface area contributed by atoms with Gasteiger partial charge < -0.3 is 15.1 Å². The van der Waals surface area contributed by atoms with Crippen molar-refractivity contribution in [2.75, 3.05) is 37.6 Å². The minimum Gasteiger partial charge on any atom is -0.341 e. The summed E-state index contributed by atoms with van der Waals surface area (Å²) < 4.78 is 0. The Balaban J connectivity index is 1.72. The van der Waals surface area contributed by atoms with Crippen molar-refractivity contribution in [1.29, 1.82) is 0 Å². The van der Waals surface area contributed by atoms with E-state index in [0.29, 0.717) is 41.8 Å². The number of rotatable bonds is 2. The van der Waals surface area contributed by atoms with E-state index >= 15 is 0 Å². The summed E-state index contributed by atoms with van der Waals surface area (Å²) in [6, 6.07) is 5.10. The molecular formula is C16H19Cl2N3O2. The van der Waals surface area contributed by atoms with E-state index in [1.165, 1.54) is 0 Å². The topological polar surface area (TPSA) is 52.7 Å². The smallest absolute Gasteiger partial charge is 0.239 e. The molecule has 3 rings (SSSR count). The fourth-order valence-corrected chi connectivity index (χ4v) is 3.40. The molecular weight excluding hydrogens is 337 g/mol. The zero-order chi connectivity index (χ0) is 16.4. The summed E-state index contributed by atoms with van der Waals surface area (Å²) in [6.45, 7) is 3.60. The molecule has 1 aromatic carbocycles. The number of carbonyl (C=O) groups is 2. The van der Waals surface area contributed by atoms with Crippen LogP contribution in [0.25, 0.3) is 0 Å². The minimum absolute atomic E-state index is 0.0544. The molecule has 0 aromatic heterocycles. The third-order valence-corrected chi connectivity index (χ3v) is 5.11. The number of anilines is 1. The quantitative estimate of drug-likeness (QED) is 0.827. The lowest BCUT2D eigenvalue weighted by Crippen LogP contribution is -2.41. The second-order valence-electron chi connectivity index (χ2n) is 5.86. The van der Waals surface area contributed by atoms with Gasteiger partial charge in [0.25, 0.3) is 0 Å². The van der Waals surface area contributed by atoms with Gasteiger partial charge in [-0.05, 0) is 37.6 Å². The summed E-state index contributed by atoms with van der Waals surface area (Å²) in [4.78, 5) is 28.8. The van der Waals surface area contributed by atoms with Gasteiger partial charge in [0, 0.05) is 31.9 Å². The molecule has 0 aliphatic carbocycles. The number of carbonyl (C=O) groups excluding carboxylic acids is 2. The molecule has 5 nitrogen and oxygen atoms in total. The molecule has 2 fully saturated rings. The number of halogens is 2. The Kier molecular flexibility index (Phi) is 5.09. The predicted molar refractivity (Wildman–Crippen MR) is 91.0 cm³/mol. The third-order valence-electron chi connectivity index (χ3n) is 4.37. The van der Waals surface area contributed by atoms with Gasteiger partial charge >= 0.3 is 0 Å². The van der Waals surface area contributed by atoms with E-state index in [4.69, 9.17) is 23.2 Å². The number of hydrogen-bond acceptors (Lipinski definition) is 3. The zero-order valence-corrected chi connectivity index (χ0v) is 14.2. The molecule has 2 aliphatic rings. The molecule has 0 spiro atoms. The highest BCUT2D eigenvalue weighted by molar-refractivity contribution is 6.42. The van der Waals surface area contributed by atoms with Crippen molar-refractivity contribution in [2.24, 2.45) is 5.92 Å². The zero-order valence-electron chi connectivity index (χ0n) is 12.7. The first kappa shape index (κ1) is 16.6. The number of amides is 2. The van der Waals surface area contributed by atoms with Gasteiger partial charge in [0.15, 0.2) is 0 Å². The van der Waals surface area contributed by atoms with Gasteiger partial charge in [-0.3, -0.25) is 9.59 Å². The monoisotopic (exact) mass is 355 g/mol. The van der Waals surface area contributed by atoms with Gasteiger partial charge in [-0.2, -0.15) is 0 Å². The molecule has 0 saturated carbocycles. The van der Waals surface area contributed by atoms with Crippen LogP contribution in [0.3, 0.4) is 0 Å². The average molecular weight is 356 g/mol. The minimum atomic E-state index is -0.581. The van der Waals surface area contributed by atoms with Crippen molar-refractivity contribution in [3.8, 4) is 0 Å². The molecule has 1 N–H and O–H groups in total. The summed E-state index contributed by atoms with van der Waals surface area (Å²) >= 11 is 11.9. The van der Waals surface area contributed by atoms with Crippen LogP contribution in [0.5, 0.6) is 0 Å². The number of hydrogen-bond donors (Lipinski definition) is 1. The maximum Gasteiger partial charge on any atom is 0.239 e. The third kappa shape index (κ3) is 3.47. The molecule has 0 bridgehead atoms. The Labute approximate surface area is 145 Å². The lowest BCUT2D eigenvalue weighted by atomic mass is 10.1. The molecule has 2 amide bonds. The summed E-state index contributed by atoms with van der Waals surface area (Å²) in [7, 11) is 0. The van der Waals surface area contributed by atoms with Crippen LogP contribution in [-0.4, -0.2) is 49.4 Å². The fourth-order valence-electron chi connectivity index (χ4n) is 3.10. The van der Waals surface area contributed by atoms with E-state index in [2.05, 4.69) is 5.32 Å². The van der Waals surface area contributed by atoms with Crippen molar-refractivity contribution in [3.63, 3.8) is 0 Å². The first-order valence-electron chi connectivity index (χ1n) is 7.84. The second-order valence-corrected chi connectivity index (χ2v) is 6.67. The molecule has 1 unspecified atom stereocenters. The fraction of sp³-hybridized carbons (Fsp3) is 0.500. The van der Waals surface area contributed by atoms with Crippen LogP contribution in [0, 0.1) is 5.92 Å². The standard InChI is InChI=1S/C16H19Cl2N3O2/c17-13-3-2-11(10-14(13)18)21-8-4-12(16(21)23)15(22)20-7-1-5-19-6-9-20/h2-3,10,12,19H,1,4-9H2. The van der Waals surface area contributed by atoms with Gasteiger partial charge in [0.2, 0.25) is 11.8 Å². The Hall–Kier alpha value is -1.30. The van der Waals surface area contributed by atoms with Crippen molar-refractivity contribution in [1.82, 2.24) is 10.2 Å². The molecule has 1 aromatic rings. The van der Waals surface area contributed by atoms with E-state index in [9.17, 15) is 9.59 Å². The Morgan fingerprint density at radius 2 is 1.96 bits per heavy atom. The van der Waals surface area contributed by atoms with Crippen molar-refractivity contribution < 1.29 is 9.59 Å². The van der Waals surface area contributed by atoms with Crippen molar-refractivity contribution in [2.45, 2.75) is 12.8 Å². The first-order valence-corrected chi connectivity index (χ1v) is 8.59. The van der Waals surface area contributed by atoms with Gasteiger partial charge in [-0.1, -0.05) is 23.2 Å². The molecule has 2 heterocycles. The number of nitrogens with one attached hydrogen (secondary N) is 1. The highest BCUT2D eigenvalue weighted by atomic mass is 35.5. The highest BCUT2D eigenvalue weighted by Gasteiger charge is 2.39. The van der Waals surface area contributed by atoms with E-state index in [1.807, 2.05) is 0 Å². The van der Waals surface area contributed by atoms with E-state index < -0.39 is 5.92 Å². The van der Waals surface area contributed by atoms with E-state index in [-0.39, 0.29) is 11.8 Å². The van der Waals surface area contributed by atoms with Crippen LogP contribution >= 0.6 is 23.2 Å². The van der Waals surface area contributed by atoms with Gasteiger partial charge in [0.05, 0.1) is 10.0 Å². The second kappa shape index (κ2) is 7.07. The van der Waals surface area contributed by atoms with Gasteiger partial charge in [-0.15, -0.1) is 0 Å². The van der Waals surface area contributed by atoms with Crippen LogP contribution < -0.4 is 10.2 Å². The molecule has 7 heteroatoms. The number of nitrogens with zero attached hydrogens (tertiary/aromatic N) is 2.